The van der Waals surface area contributed by atoms with Gasteiger partial charge in [0, 0.05) is 18.5 Å². The molecule has 1 amide bonds. The fourth-order valence-electron chi connectivity index (χ4n) is 3.59. The minimum Gasteiger partial charge on any atom is -0.325 e. The second-order valence-electron chi connectivity index (χ2n) is 7.30. The summed E-state index contributed by atoms with van der Waals surface area (Å²) in [6.45, 7) is 13.0. The largest absolute Gasteiger partial charge is 0.325 e. The fraction of sp³-hybridized carbons (Fsp3) is 0.632. The molecule has 1 unspecified atom stereocenters. The van der Waals surface area contributed by atoms with Crippen LogP contribution in [-0.2, 0) is 4.79 Å². The summed E-state index contributed by atoms with van der Waals surface area (Å²) in [6, 6.07) is 4.40. The molecule has 122 valence electrons. The van der Waals surface area contributed by atoms with Crippen LogP contribution in [0, 0.1) is 26.7 Å². The monoisotopic (exact) mass is 303 g/mol. The normalized spacial score (nSPS) is 21.4. The Morgan fingerprint density at radius 1 is 1.27 bits per heavy atom. The van der Waals surface area contributed by atoms with Crippen molar-refractivity contribution in [1.29, 1.82) is 0 Å². The van der Waals surface area contributed by atoms with Crippen LogP contribution in [0.3, 0.4) is 0 Å². The first-order chi connectivity index (χ1) is 10.4. The van der Waals surface area contributed by atoms with Gasteiger partial charge in [-0.3, -0.25) is 4.79 Å². The van der Waals surface area contributed by atoms with E-state index in [4.69, 9.17) is 0 Å². The Morgan fingerprint density at radius 2 is 1.91 bits per heavy atom. The van der Waals surface area contributed by atoms with Crippen LogP contribution in [0.4, 0.5) is 5.69 Å². The van der Waals surface area contributed by atoms with E-state index in [2.05, 4.69) is 52.1 Å². The second-order valence-corrected chi connectivity index (χ2v) is 7.30. The summed E-state index contributed by atoms with van der Waals surface area (Å²) >= 11 is 0. The summed E-state index contributed by atoms with van der Waals surface area (Å²) in [4.78, 5) is 14.2. The summed E-state index contributed by atoms with van der Waals surface area (Å²) in [5.74, 6) is 0.907. The van der Waals surface area contributed by atoms with Gasteiger partial charge >= 0.3 is 0 Å². The number of nitrogens with one attached hydrogen (secondary N) is 2. The average Bonchev–Trinajstić information content (AvgIpc) is 2.88. The Labute approximate surface area is 135 Å². The van der Waals surface area contributed by atoms with Crippen molar-refractivity contribution in [3.05, 3.63) is 28.8 Å². The molecule has 0 aromatic heterocycles. The van der Waals surface area contributed by atoms with Gasteiger partial charge in [-0.2, -0.15) is 0 Å². The third-order valence-electron chi connectivity index (χ3n) is 4.77. The van der Waals surface area contributed by atoms with E-state index in [1.807, 2.05) is 0 Å². The smallest absolute Gasteiger partial charge is 0.282 e. The van der Waals surface area contributed by atoms with Gasteiger partial charge in [-0.05, 0) is 44.2 Å². The number of carbonyl (C=O) groups is 1. The molecule has 2 N–H and O–H groups in total. The Morgan fingerprint density at radius 3 is 2.50 bits per heavy atom. The first-order valence-corrected chi connectivity index (χ1v) is 8.61. The van der Waals surface area contributed by atoms with Gasteiger partial charge in [0.25, 0.3) is 5.91 Å². The Balaban J connectivity index is 2.05. The number of carbonyl (C=O) groups excluding carboxylic acids is 1. The molecule has 1 saturated heterocycles. The molecule has 1 aliphatic rings. The number of rotatable bonds is 5. The maximum atomic E-state index is 12.7. The molecule has 3 heteroatoms. The molecule has 1 aromatic carbocycles. The van der Waals surface area contributed by atoms with Gasteiger partial charge in [-0.25, -0.2) is 0 Å². The van der Waals surface area contributed by atoms with E-state index in [0.717, 1.165) is 42.7 Å². The maximum absolute atomic E-state index is 12.7. The number of hydrogen-bond donors (Lipinski definition) is 2. The van der Waals surface area contributed by atoms with Crippen LogP contribution in [0.15, 0.2) is 12.1 Å². The van der Waals surface area contributed by atoms with Crippen LogP contribution in [0.25, 0.3) is 0 Å². The molecule has 0 bridgehead atoms. The lowest BCUT2D eigenvalue weighted by Crippen LogP contribution is -3.15. The standard InChI is InChI=1S/C19H30N2O/c1-13(2)8-10-21-9-6-7-17(21)19(22)20-18-15(4)11-14(3)12-16(18)5/h11-13,17H,6-10H2,1-5H3,(H,20,22)/p+1/t17-/m0/s1. The number of amides is 1. The highest BCUT2D eigenvalue weighted by Crippen LogP contribution is 2.22. The van der Waals surface area contributed by atoms with E-state index in [1.165, 1.54) is 16.9 Å². The highest BCUT2D eigenvalue weighted by atomic mass is 16.2. The number of quaternary nitrogens is 1. The van der Waals surface area contributed by atoms with Crippen molar-refractivity contribution in [2.75, 3.05) is 18.4 Å². The molecular formula is C19H31N2O+. The molecule has 0 saturated carbocycles. The third-order valence-corrected chi connectivity index (χ3v) is 4.77. The van der Waals surface area contributed by atoms with E-state index < -0.39 is 0 Å². The predicted octanol–water partition coefficient (Wildman–Crippen LogP) is 2.64. The molecule has 1 aliphatic heterocycles. The quantitative estimate of drug-likeness (QED) is 0.861. The van der Waals surface area contributed by atoms with Crippen molar-refractivity contribution in [1.82, 2.24) is 0 Å². The topological polar surface area (TPSA) is 33.5 Å². The van der Waals surface area contributed by atoms with Crippen molar-refractivity contribution in [3.8, 4) is 0 Å². The van der Waals surface area contributed by atoms with Crippen LogP contribution in [0.5, 0.6) is 0 Å². The van der Waals surface area contributed by atoms with Gasteiger partial charge in [0.2, 0.25) is 0 Å². The number of hydrogen-bond acceptors (Lipinski definition) is 1. The number of benzene rings is 1. The molecule has 22 heavy (non-hydrogen) atoms. The summed E-state index contributed by atoms with van der Waals surface area (Å²) in [5.41, 5.74) is 4.57. The summed E-state index contributed by atoms with van der Waals surface area (Å²) in [6.07, 6.45) is 3.38. The third kappa shape index (κ3) is 4.10. The van der Waals surface area contributed by atoms with E-state index in [1.54, 1.807) is 0 Å². The second kappa shape index (κ2) is 7.28. The van der Waals surface area contributed by atoms with Gasteiger partial charge in [0.1, 0.15) is 0 Å². The van der Waals surface area contributed by atoms with Crippen molar-refractivity contribution in [2.24, 2.45) is 5.92 Å². The lowest BCUT2D eigenvalue weighted by molar-refractivity contribution is -0.903. The van der Waals surface area contributed by atoms with Gasteiger partial charge in [0.05, 0.1) is 13.1 Å². The molecule has 0 radical (unpaired) electrons. The van der Waals surface area contributed by atoms with Gasteiger partial charge in [-0.1, -0.05) is 31.5 Å². The van der Waals surface area contributed by atoms with Crippen LogP contribution >= 0.6 is 0 Å². The van der Waals surface area contributed by atoms with E-state index in [0.29, 0.717) is 5.92 Å². The van der Waals surface area contributed by atoms with Gasteiger partial charge < -0.3 is 10.2 Å². The first-order valence-electron chi connectivity index (χ1n) is 8.61. The number of anilines is 1. The van der Waals surface area contributed by atoms with Crippen LogP contribution < -0.4 is 10.2 Å². The Hall–Kier alpha value is -1.35. The van der Waals surface area contributed by atoms with Crippen molar-refractivity contribution < 1.29 is 9.69 Å². The maximum Gasteiger partial charge on any atom is 0.282 e. The lowest BCUT2D eigenvalue weighted by Gasteiger charge is -2.22. The van der Waals surface area contributed by atoms with E-state index in [-0.39, 0.29) is 11.9 Å². The summed E-state index contributed by atoms with van der Waals surface area (Å²) in [5, 5.41) is 3.21. The minimum atomic E-state index is 0.124. The average molecular weight is 303 g/mol. The van der Waals surface area contributed by atoms with E-state index >= 15 is 0 Å². The SMILES string of the molecule is Cc1cc(C)c(NC(=O)[C@@H]2CCC[NH+]2CCC(C)C)c(C)c1. The molecular weight excluding hydrogens is 272 g/mol. The Kier molecular flexibility index (Phi) is 5.63. The minimum absolute atomic E-state index is 0.124. The van der Waals surface area contributed by atoms with Crippen LogP contribution in [-0.4, -0.2) is 25.0 Å². The lowest BCUT2D eigenvalue weighted by atomic mass is 10.0. The zero-order chi connectivity index (χ0) is 16.3. The van der Waals surface area contributed by atoms with Gasteiger partial charge in [0.15, 0.2) is 6.04 Å². The summed E-state index contributed by atoms with van der Waals surface area (Å²) < 4.78 is 0. The molecule has 2 rings (SSSR count). The Bertz CT molecular complexity index is 513. The van der Waals surface area contributed by atoms with Gasteiger partial charge in [-0.15, -0.1) is 0 Å². The predicted molar refractivity (Wildman–Crippen MR) is 92.5 cm³/mol. The molecule has 2 atom stereocenters. The zero-order valence-corrected chi connectivity index (χ0v) is 14.8. The molecule has 1 aromatic rings. The molecule has 0 spiro atoms. The zero-order valence-electron chi connectivity index (χ0n) is 14.8. The van der Waals surface area contributed by atoms with Crippen molar-refractivity contribution in [3.63, 3.8) is 0 Å². The molecule has 3 nitrogen and oxygen atoms in total. The fourth-order valence-corrected chi connectivity index (χ4v) is 3.59. The van der Waals surface area contributed by atoms with Crippen molar-refractivity contribution in [2.45, 2.75) is 59.9 Å². The molecule has 0 aliphatic carbocycles. The highest BCUT2D eigenvalue weighted by molar-refractivity contribution is 5.95. The number of likely N-dealkylation sites (tertiary alicyclic amines) is 1. The molecule has 1 heterocycles. The van der Waals surface area contributed by atoms with E-state index in [9.17, 15) is 4.79 Å². The number of aryl methyl sites for hydroxylation is 3. The van der Waals surface area contributed by atoms with Crippen LogP contribution in [0.1, 0.15) is 49.8 Å². The van der Waals surface area contributed by atoms with Crippen molar-refractivity contribution >= 4 is 11.6 Å². The first kappa shape index (κ1) is 17.0. The molecule has 1 fully saturated rings. The highest BCUT2D eigenvalue weighted by Gasteiger charge is 2.34. The van der Waals surface area contributed by atoms with Crippen LogP contribution in [0.2, 0.25) is 0 Å². The summed E-state index contributed by atoms with van der Waals surface area (Å²) in [7, 11) is 0.